The molecule has 0 unspecified atom stereocenters. The van der Waals surface area contributed by atoms with Gasteiger partial charge in [-0.2, -0.15) is 5.10 Å². The molecule has 0 radical (unpaired) electrons. The normalized spacial score (nSPS) is 12.7. The number of benzene rings is 1. The molecular formula is C12H9N3O4S. The zero-order valence-corrected chi connectivity index (χ0v) is 11.2. The van der Waals surface area contributed by atoms with Crippen molar-refractivity contribution in [1.82, 2.24) is 9.78 Å². The maximum Gasteiger partial charge on any atom is 0.356 e. The van der Waals surface area contributed by atoms with E-state index in [1.54, 1.807) is 13.1 Å². The van der Waals surface area contributed by atoms with Crippen LogP contribution < -0.4 is 0 Å². The van der Waals surface area contributed by atoms with E-state index in [0.717, 1.165) is 4.90 Å². The monoisotopic (exact) mass is 291 g/mol. The molecule has 1 aliphatic rings. The number of nitro groups is 1. The van der Waals surface area contributed by atoms with Gasteiger partial charge in [0.05, 0.1) is 10.6 Å². The number of nitrogens with zero attached hydrogens (tertiary/aromatic N) is 3. The van der Waals surface area contributed by atoms with Gasteiger partial charge in [-0.15, -0.1) is 11.8 Å². The standard InChI is InChI=1S/C12H9N3O4S/c1-14-11-7-4-6(15(18)19)2-3-9(7)20-5-8(11)10(13-14)12(16)17/h2-4H,5H2,1H3,(H,16,17). The van der Waals surface area contributed by atoms with Crippen LogP contribution in [0, 0.1) is 10.1 Å². The first-order chi connectivity index (χ1) is 9.49. The zero-order chi connectivity index (χ0) is 14.4. The van der Waals surface area contributed by atoms with E-state index < -0.39 is 10.9 Å². The number of aryl methyl sites for hydroxylation is 1. The van der Waals surface area contributed by atoms with Crippen molar-refractivity contribution < 1.29 is 14.8 Å². The highest BCUT2D eigenvalue weighted by atomic mass is 32.2. The second kappa shape index (κ2) is 4.34. The van der Waals surface area contributed by atoms with Crippen molar-refractivity contribution in [2.24, 2.45) is 7.05 Å². The topological polar surface area (TPSA) is 98.3 Å². The average Bonchev–Trinajstić information content (AvgIpc) is 2.76. The van der Waals surface area contributed by atoms with Crippen molar-refractivity contribution in [3.05, 3.63) is 39.6 Å². The van der Waals surface area contributed by atoms with E-state index in [0.29, 0.717) is 22.6 Å². The highest BCUT2D eigenvalue weighted by molar-refractivity contribution is 7.98. The van der Waals surface area contributed by atoms with Gasteiger partial charge in [-0.1, -0.05) is 0 Å². The van der Waals surface area contributed by atoms with Crippen LogP contribution in [0.25, 0.3) is 11.3 Å². The summed E-state index contributed by atoms with van der Waals surface area (Å²) < 4.78 is 1.47. The second-order valence-electron chi connectivity index (χ2n) is 4.33. The fourth-order valence-corrected chi connectivity index (χ4v) is 3.35. The molecule has 0 amide bonds. The van der Waals surface area contributed by atoms with Crippen LogP contribution in [0.3, 0.4) is 0 Å². The number of rotatable bonds is 2. The number of carboxylic acids is 1. The Kier molecular flexibility index (Phi) is 2.75. The number of carbonyl (C=O) groups is 1. The van der Waals surface area contributed by atoms with Gasteiger partial charge in [0.15, 0.2) is 5.69 Å². The first kappa shape index (κ1) is 12.7. The lowest BCUT2D eigenvalue weighted by Crippen LogP contribution is -2.03. The molecule has 7 nitrogen and oxygen atoms in total. The maximum absolute atomic E-state index is 11.2. The number of non-ortho nitro benzene ring substituents is 1. The molecule has 0 spiro atoms. The Morgan fingerprint density at radius 1 is 1.55 bits per heavy atom. The van der Waals surface area contributed by atoms with Gasteiger partial charge >= 0.3 is 5.97 Å². The van der Waals surface area contributed by atoms with Crippen LogP contribution in [-0.4, -0.2) is 25.8 Å². The van der Waals surface area contributed by atoms with Gasteiger partial charge in [-0.05, 0) is 6.07 Å². The zero-order valence-electron chi connectivity index (χ0n) is 10.4. The summed E-state index contributed by atoms with van der Waals surface area (Å²) in [5.41, 5.74) is 1.90. The van der Waals surface area contributed by atoms with Crippen molar-refractivity contribution in [3.63, 3.8) is 0 Å². The molecule has 1 aromatic heterocycles. The molecule has 3 rings (SSSR count). The summed E-state index contributed by atoms with van der Waals surface area (Å²) in [6.07, 6.45) is 0. The smallest absolute Gasteiger partial charge is 0.356 e. The van der Waals surface area contributed by atoms with Crippen LogP contribution in [0.2, 0.25) is 0 Å². The van der Waals surface area contributed by atoms with Crippen LogP contribution in [0.4, 0.5) is 5.69 Å². The number of thioether (sulfide) groups is 1. The Labute approximate surface area is 117 Å². The van der Waals surface area contributed by atoms with E-state index in [4.69, 9.17) is 5.11 Å². The lowest BCUT2D eigenvalue weighted by Gasteiger charge is -2.16. The summed E-state index contributed by atoms with van der Waals surface area (Å²) in [5, 5.41) is 24.0. The summed E-state index contributed by atoms with van der Waals surface area (Å²) in [6.45, 7) is 0. The van der Waals surface area contributed by atoms with E-state index in [1.165, 1.54) is 28.6 Å². The van der Waals surface area contributed by atoms with E-state index in [1.807, 2.05) is 0 Å². The van der Waals surface area contributed by atoms with Gasteiger partial charge in [0.25, 0.3) is 5.69 Å². The summed E-state index contributed by atoms with van der Waals surface area (Å²) >= 11 is 1.46. The van der Waals surface area contributed by atoms with Crippen molar-refractivity contribution in [3.8, 4) is 11.3 Å². The molecule has 1 aromatic carbocycles. The fraction of sp³-hybridized carbons (Fsp3) is 0.167. The summed E-state index contributed by atoms with van der Waals surface area (Å²) in [4.78, 5) is 22.5. The summed E-state index contributed by atoms with van der Waals surface area (Å²) in [5.74, 6) is -0.591. The van der Waals surface area contributed by atoms with E-state index in [9.17, 15) is 14.9 Å². The predicted octanol–water partition coefficient (Wildman–Crippen LogP) is 2.30. The molecule has 0 atom stereocenters. The Morgan fingerprint density at radius 3 is 2.95 bits per heavy atom. The minimum atomic E-state index is -1.09. The van der Waals surface area contributed by atoms with Gasteiger partial charge in [-0.25, -0.2) is 4.79 Å². The van der Waals surface area contributed by atoms with E-state index in [-0.39, 0.29) is 11.4 Å². The largest absolute Gasteiger partial charge is 0.476 e. The lowest BCUT2D eigenvalue weighted by atomic mass is 10.1. The van der Waals surface area contributed by atoms with Crippen molar-refractivity contribution in [1.29, 1.82) is 0 Å². The van der Waals surface area contributed by atoms with E-state index in [2.05, 4.69) is 5.10 Å². The van der Waals surface area contributed by atoms with Crippen molar-refractivity contribution in [2.45, 2.75) is 10.6 Å². The molecule has 0 fully saturated rings. The van der Waals surface area contributed by atoms with Crippen LogP contribution in [0.15, 0.2) is 23.1 Å². The molecule has 1 aliphatic heterocycles. The molecule has 2 heterocycles. The molecule has 0 saturated carbocycles. The number of aromatic carboxylic acids is 1. The molecule has 8 heteroatoms. The predicted molar refractivity (Wildman–Crippen MR) is 71.8 cm³/mol. The van der Waals surface area contributed by atoms with Gasteiger partial charge in [0.1, 0.15) is 0 Å². The third-order valence-corrected chi connectivity index (χ3v) is 4.25. The molecule has 102 valence electrons. The Hall–Kier alpha value is -2.35. The molecule has 2 aromatic rings. The van der Waals surface area contributed by atoms with Crippen molar-refractivity contribution >= 4 is 23.4 Å². The Morgan fingerprint density at radius 2 is 2.30 bits per heavy atom. The molecule has 20 heavy (non-hydrogen) atoms. The molecule has 0 bridgehead atoms. The minimum absolute atomic E-state index is 0.00663. The summed E-state index contributed by atoms with van der Waals surface area (Å²) in [7, 11) is 1.64. The molecule has 1 N–H and O–H groups in total. The van der Waals surface area contributed by atoms with Crippen LogP contribution >= 0.6 is 11.8 Å². The number of fused-ring (bicyclic) bond motifs is 3. The third kappa shape index (κ3) is 1.76. The van der Waals surface area contributed by atoms with Gasteiger partial charge in [-0.3, -0.25) is 14.8 Å². The second-order valence-corrected chi connectivity index (χ2v) is 5.35. The molecular weight excluding hydrogens is 282 g/mol. The average molecular weight is 291 g/mol. The fourth-order valence-electron chi connectivity index (χ4n) is 2.31. The quantitative estimate of drug-likeness (QED) is 0.673. The maximum atomic E-state index is 11.2. The minimum Gasteiger partial charge on any atom is -0.476 e. The number of aromatic nitrogens is 2. The SMILES string of the molecule is Cn1nc(C(=O)O)c2c1-c1cc([N+](=O)[O-])ccc1SC2. The van der Waals surface area contributed by atoms with Gasteiger partial charge in [0, 0.05) is 41.0 Å². The summed E-state index contributed by atoms with van der Waals surface area (Å²) in [6, 6.07) is 4.60. The Balaban J connectivity index is 2.26. The highest BCUT2D eigenvalue weighted by Crippen LogP contribution is 2.43. The number of hydrogen-bond donors (Lipinski definition) is 1. The highest BCUT2D eigenvalue weighted by Gasteiger charge is 2.28. The number of carboxylic acid groups (broad SMARTS) is 1. The lowest BCUT2D eigenvalue weighted by molar-refractivity contribution is -0.384. The third-order valence-electron chi connectivity index (χ3n) is 3.15. The number of nitro benzene ring substituents is 1. The first-order valence-corrected chi connectivity index (χ1v) is 6.68. The Bertz CT molecular complexity index is 753. The van der Waals surface area contributed by atoms with E-state index >= 15 is 0 Å². The first-order valence-electron chi connectivity index (χ1n) is 5.70. The van der Waals surface area contributed by atoms with Crippen LogP contribution in [-0.2, 0) is 12.8 Å². The van der Waals surface area contributed by atoms with Gasteiger partial charge < -0.3 is 5.11 Å². The van der Waals surface area contributed by atoms with Crippen molar-refractivity contribution in [2.75, 3.05) is 0 Å². The van der Waals surface area contributed by atoms with Gasteiger partial charge in [0.2, 0.25) is 0 Å². The molecule has 0 saturated heterocycles. The van der Waals surface area contributed by atoms with Crippen LogP contribution in [0.1, 0.15) is 16.1 Å². The molecule has 0 aliphatic carbocycles. The van der Waals surface area contributed by atoms with Crippen LogP contribution in [0.5, 0.6) is 0 Å². The number of hydrogen-bond acceptors (Lipinski definition) is 5.